The molecule has 3 heterocycles. The molecule has 0 atom stereocenters. The molecule has 0 bridgehead atoms. The normalized spacial score (nSPS) is 15.8. The first kappa shape index (κ1) is 13.8. The molecule has 22 heavy (non-hydrogen) atoms. The SMILES string of the molecule is Nc1ccc2c(c1)nc(NCCN1CCCC1)c1ccsc12. The largest absolute Gasteiger partial charge is 0.399 e. The molecule has 1 aromatic carbocycles. The number of hydrogen-bond acceptors (Lipinski definition) is 5. The third-order valence-electron chi connectivity index (χ3n) is 4.34. The highest BCUT2D eigenvalue weighted by atomic mass is 32.1. The van der Waals surface area contributed by atoms with Gasteiger partial charge in [0, 0.05) is 34.2 Å². The summed E-state index contributed by atoms with van der Waals surface area (Å²) in [5.74, 6) is 0.980. The Morgan fingerprint density at radius 1 is 1.18 bits per heavy atom. The van der Waals surface area contributed by atoms with Crippen molar-refractivity contribution in [1.29, 1.82) is 0 Å². The van der Waals surface area contributed by atoms with Crippen LogP contribution >= 0.6 is 11.3 Å². The number of likely N-dealkylation sites (tertiary alicyclic amines) is 1. The van der Waals surface area contributed by atoms with Gasteiger partial charge in [-0.25, -0.2) is 4.98 Å². The zero-order chi connectivity index (χ0) is 14.9. The Labute approximate surface area is 133 Å². The van der Waals surface area contributed by atoms with Crippen LogP contribution < -0.4 is 11.1 Å². The van der Waals surface area contributed by atoms with Crippen LogP contribution in [0.5, 0.6) is 0 Å². The van der Waals surface area contributed by atoms with E-state index in [1.54, 1.807) is 11.3 Å². The van der Waals surface area contributed by atoms with Gasteiger partial charge in [-0.1, -0.05) is 0 Å². The second-order valence-electron chi connectivity index (χ2n) is 5.88. The third kappa shape index (κ3) is 2.51. The molecular formula is C17H20N4S. The third-order valence-corrected chi connectivity index (χ3v) is 5.29. The summed E-state index contributed by atoms with van der Waals surface area (Å²) in [6.07, 6.45) is 2.67. The van der Waals surface area contributed by atoms with E-state index in [1.165, 1.54) is 41.4 Å². The van der Waals surface area contributed by atoms with Gasteiger partial charge in [-0.05, 0) is 55.6 Å². The van der Waals surface area contributed by atoms with Crippen molar-refractivity contribution in [2.45, 2.75) is 12.8 Å². The van der Waals surface area contributed by atoms with Gasteiger partial charge >= 0.3 is 0 Å². The molecule has 4 rings (SSSR count). The second kappa shape index (κ2) is 5.74. The minimum Gasteiger partial charge on any atom is -0.399 e. The minimum absolute atomic E-state index is 0.763. The van der Waals surface area contributed by atoms with Crippen molar-refractivity contribution in [1.82, 2.24) is 9.88 Å². The Kier molecular flexibility index (Phi) is 3.60. The average Bonchev–Trinajstić information content (AvgIpc) is 3.18. The molecule has 1 saturated heterocycles. The van der Waals surface area contributed by atoms with Crippen molar-refractivity contribution in [3.63, 3.8) is 0 Å². The number of fused-ring (bicyclic) bond motifs is 3. The van der Waals surface area contributed by atoms with Gasteiger partial charge in [0.1, 0.15) is 5.82 Å². The van der Waals surface area contributed by atoms with E-state index < -0.39 is 0 Å². The van der Waals surface area contributed by atoms with Gasteiger partial charge in [-0.15, -0.1) is 11.3 Å². The molecule has 114 valence electrons. The number of nitrogens with two attached hydrogens (primary N) is 1. The van der Waals surface area contributed by atoms with Crippen LogP contribution in [0.2, 0.25) is 0 Å². The van der Waals surface area contributed by atoms with Gasteiger partial charge in [-0.2, -0.15) is 0 Å². The topological polar surface area (TPSA) is 54.2 Å². The van der Waals surface area contributed by atoms with Gasteiger partial charge in [0.2, 0.25) is 0 Å². The lowest BCUT2D eigenvalue weighted by molar-refractivity contribution is 0.352. The fourth-order valence-electron chi connectivity index (χ4n) is 3.19. The summed E-state index contributed by atoms with van der Waals surface area (Å²) >= 11 is 1.76. The Morgan fingerprint density at radius 2 is 2.05 bits per heavy atom. The Balaban J connectivity index is 1.64. The summed E-state index contributed by atoms with van der Waals surface area (Å²) in [6.45, 7) is 4.49. The van der Waals surface area contributed by atoms with E-state index in [9.17, 15) is 0 Å². The number of nitrogen functional groups attached to an aromatic ring is 1. The van der Waals surface area contributed by atoms with E-state index in [0.29, 0.717) is 0 Å². The van der Waals surface area contributed by atoms with Crippen LogP contribution in [0, 0.1) is 0 Å². The molecule has 1 aliphatic heterocycles. The van der Waals surface area contributed by atoms with E-state index in [4.69, 9.17) is 10.7 Å². The minimum atomic E-state index is 0.763. The van der Waals surface area contributed by atoms with Crippen LogP contribution in [0.25, 0.3) is 21.0 Å². The predicted molar refractivity (Wildman–Crippen MR) is 95.7 cm³/mol. The zero-order valence-corrected chi connectivity index (χ0v) is 13.3. The number of benzene rings is 1. The Hall–Kier alpha value is -1.85. The first-order valence-corrected chi connectivity index (χ1v) is 8.72. The van der Waals surface area contributed by atoms with Gasteiger partial charge in [0.15, 0.2) is 0 Å². The molecule has 3 aromatic rings. The summed E-state index contributed by atoms with van der Waals surface area (Å²) in [4.78, 5) is 7.31. The van der Waals surface area contributed by atoms with Crippen LogP contribution in [0.15, 0.2) is 29.6 Å². The number of anilines is 2. The lowest BCUT2D eigenvalue weighted by Gasteiger charge is -2.15. The van der Waals surface area contributed by atoms with Crippen molar-refractivity contribution in [3.8, 4) is 0 Å². The average molecular weight is 312 g/mol. The number of pyridine rings is 1. The maximum Gasteiger partial charge on any atom is 0.135 e. The van der Waals surface area contributed by atoms with E-state index in [-0.39, 0.29) is 0 Å². The van der Waals surface area contributed by atoms with E-state index in [1.807, 2.05) is 12.1 Å². The monoisotopic (exact) mass is 312 g/mol. The predicted octanol–water partition coefficient (Wildman–Crippen LogP) is 3.54. The lowest BCUT2D eigenvalue weighted by atomic mass is 10.1. The lowest BCUT2D eigenvalue weighted by Crippen LogP contribution is -2.26. The molecule has 0 amide bonds. The van der Waals surface area contributed by atoms with Crippen LogP contribution in [-0.2, 0) is 0 Å². The summed E-state index contributed by atoms with van der Waals surface area (Å²) in [7, 11) is 0. The molecule has 1 aliphatic rings. The summed E-state index contributed by atoms with van der Waals surface area (Å²) in [5, 5.41) is 8.05. The van der Waals surface area contributed by atoms with Crippen LogP contribution in [0.3, 0.4) is 0 Å². The first-order valence-electron chi connectivity index (χ1n) is 7.84. The van der Waals surface area contributed by atoms with Crippen molar-refractivity contribution in [2.75, 3.05) is 37.2 Å². The molecule has 0 aliphatic carbocycles. The van der Waals surface area contributed by atoms with E-state index in [2.05, 4.69) is 27.7 Å². The fraction of sp³-hybridized carbons (Fsp3) is 0.353. The molecule has 4 nitrogen and oxygen atoms in total. The molecule has 0 radical (unpaired) electrons. The highest BCUT2D eigenvalue weighted by Gasteiger charge is 2.12. The van der Waals surface area contributed by atoms with E-state index >= 15 is 0 Å². The maximum absolute atomic E-state index is 5.91. The van der Waals surface area contributed by atoms with Crippen molar-refractivity contribution in [3.05, 3.63) is 29.6 Å². The van der Waals surface area contributed by atoms with Gasteiger partial charge in [-0.3, -0.25) is 0 Å². The van der Waals surface area contributed by atoms with Crippen LogP contribution in [0.4, 0.5) is 11.5 Å². The number of aromatic nitrogens is 1. The highest BCUT2D eigenvalue weighted by Crippen LogP contribution is 2.34. The Morgan fingerprint density at radius 3 is 2.91 bits per heavy atom. The second-order valence-corrected chi connectivity index (χ2v) is 6.79. The summed E-state index contributed by atoms with van der Waals surface area (Å²) in [6, 6.07) is 8.13. The number of rotatable bonds is 4. The smallest absolute Gasteiger partial charge is 0.135 e. The molecule has 3 N–H and O–H groups in total. The van der Waals surface area contributed by atoms with Gasteiger partial charge < -0.3 is 16.0 Å². The van der Waals surface area contributed by atoms with Gasteiger partial charge in [0.05, 0.1) is 5.52 Å². The number of nitrogens with zero attached hydrogens (tertiary/aromatic N) is 2. The molecule has 5 heteroatoms. The van der Waals surface area contributed by atoms with Gasteiger partial charge in [0.25, 0.3) is 0 Å². The number of thiophene rings is 1. The molecular weight excluding hydrogens is 292 g/mol. The van der Waals surface area contributed by atoms with Crippen molar-refractivity contribution in [2.24, 2.45) is 0 Å². The van der Waals surface area contributed by atoms with Crippen molar-refractivity contribution < 1.29 is 0 Å². The van der Waals surface area contributed by atoms with Crippen molar-refractivity contribution >= 4 is 43.8 Å². The number of hydrogen-bond donors (Lipinski definition) is 2. The number of nitrogens with one attached hydrogen (secondary N) is 1. The van der Waals surface area contributed by atoms with Crippen LogP contribution in [0.1, 0.15) is 12.8 Å². The zero-order valence-electron chi connectivity index (χ0n) is 12.5. The maximum atomic E-state index is 5.91. The molecule has 1 fully saturated rings. The van der Waals surface area contributed by atoms with E-state index in [0.717, 1.165) is 30.1 Å². The molecule has 0 spiro atoms. The molecule has 0 saturated carbocycles. The fourth-order valence-corrected chi connectivity index (χ4v) is 4.12. The summed E-state index contributed by atoms with van der Waals surface area (Å²) < 4.78 is 1.29. The Bertz CT molecular complexity index is 805. The molecule has 0 unspecified atom stereocenters. The summed E-state index contributed by atoms with van der Waals surface area (Å²) in [5.41, 5.74) is 7.65. The standard InChI is InChI=1S/C17H20N4S/c18-12-3-4-13-15(11-12)20-17(14-5-10-22-16(13)14)19-6-9-21-7-1-2-8-21/h3-5,10-11H,1-2,6-9,18H2,(H,19,20). The quantitative estimate of drug-likeness (QED) is 0.724. The van der Waals surface area contributed by atoms with Crippen LogP contribution in [-0.4, -0.2) is 36.1 Å². The molecule has 2 aromatic heterocycles. The first-order chi connectivity index (χ1) is 10.8. The highest BCUT2D eigenvalue weighted by molar-refractivity contribution is 7.18.